The molecule has 2 aromatic rings. The van der Waals surface area contributed by atoms with Gasteiger partial charge in [0.05, 0.1) is 5.69 Å². The van der Waals surface area contributed by atoms with E-state index in [1.165, 1.54) is 5.56 Å². The van der Waals surface area contributed by atoms with Crippen molar-refractivity contribution in [2.24, 2.45) is 0 Å². The van der Waals surface area contributed by atoms with Crippen molar-refractivity contribution >= 4 is 5.91 Å². The maximum atomic E-state index is 13.3. The third-order valence-corrected chi connectivity index (χ3v) is 5.12. The molecule has 144 valence electrons. The molecular formula is C22H30N4O. The van der Waals surface area contributed by atoms with E-state index >= 15 is 0 Å². The van der Waals surface area contributed by atoms with Gasteiger partial charge in [0.2, 0.25) is 5.91 Å². The molecule has 0 N–H and O–H groups in total. The van der Waals surface area contributed by atoms with Crippen molar-refractivity contribution in [1.29, 1.82) is 0 Å². The molecule has 0 bridgehead atoms. The number of nitrogens with zero attached hydrogens (tertiary/aromatic N) is 4. The summed E-state index contributed by atoms with van der Waals surface area (Å²) in [5.74, 6) is 0.199. The van der Waals surface area contributed by atoms with Crippen LogP contribution in [0.25, 0.3) is 0 Å². The Morgan fingerprint density at radius 3 is 2.67 bits per heavy atom. The Balaban J connectivity index is 1.67. The number of aryl methyl sites for hydroxylation is 1. The van der Waals surface area contributed by atoms with Crippen LogP contribution < -0.4 is 0 Å². The average Bonchev–Trinajstić information content (AvgIpc) is 2.88. The van der Waals surface area contributed by atoms with E-state index in [4.69, 9.17) is 0 Å². The second kappa shape index (κ2) is 9.11. The third-order valence-electron chi connectivity index (χ3n) is 5.12. The van der Waals surface area contributed by atoms with Gasteiger partial charge in [-0.3, -0.25) is 19.6 Å². The number of likely N-dealkylation sites (N-methyl/N-ethyl adjacent to an activating group) is 1. The lowest BCUT2D eigenvalue weighted by Gasteiger charge is -2.30. The van der Waals surface area contributed by atoms with E-state index in [9.17, 15) is 4.79 Å². The van der Waals surface area contributed by atoms with Crippen LogP contribution in [0.1, 0.15) is 29.3 Å². The Bertz CT molecular complexity index is 747. The molecular weight excluding hydrogens is 336 g/mol. The maximum Gasteiger partial charge on any atom is 0.244 e. The van der Waals surface area contributed by atoms with Gasteiger partial charge in [0.25, 0.3) is 0 Å². The Kier molecular flexibility index (Phi) is 6.58. The average molecular weight is 367 g/mol. The van der Waals surface area contributed by atoms with Crippen LogP contribution in [0.3, 0.4) is 0 Å². The molecule has 1 fully saturated rings. The van der Waals surface area contributed by atoms with Crippen LogP contribution >= 0.6 is 0 Å². The standard InChI is InChI=1S/C22H30N4O/c1-18-8-6-9-19(16-18)21(24(2)3)22(27)26-13-7-12-25(14-15-26)17-20-10-4-5-11-23-20/h4-6,8-11,16,21H,7,12-15,17H2,1-3H3. The molecule has 5 nitrogen and oxygen atoms in total. The summed E-state index contributed by atoms with van der Waals surface area (Å²) in [7, 11) is 3.96. The highest BCUT2D eigenvalue weighted by atomic mass is 16.2. The van der Waals surface area contributed by atoms with E-state index in [1.807, 2.05) is 48.3 Å². The van der Waals surface area contributed by atoms with Gasteiger partial charge >= 0.3 is 0 Å². The van der Waals surface area contributed by atoms with E-state index in [2.05, 4.69) is 41.1 Å². The monoisotopic (exact) mass is 366 g/mol. The van der Waals surface area contributed by atoms with Gasteiger partial charge in [-0.15, -0.1) is 0 Å². The summed E-state index contributed by atoms with van der Waals surface area (Å²) in [6.07, 6.45) is 2.83. The summed E-state index contributed by atoms with van der Waals surface area (Å²) in [6, 6.07) is 14.1. The van der Waals surface area contributed by atoms with Crippen molar-refractivity contribution in [3.05, 3.63) is 65.5 Å². The van der Waals surface area contributed by atoms with Gasteiger partial charge < -0.3 is 4.90 Å². The zero-order valence-corrected chi connectivity index (χ0v) is 16.6. The van der Waals surface area contributed by atoms with E-state index in [1.54, 1.807) is 0 Å². The topological polar surface area (TPSA) is 39.7 Å². The summed E-state index contributed by atoms with van der Waals surface area (Å²) >= 11 is 0. The number of carbonyl (C=O) groups is 1. The van der Waals surface area contributed by atoms with E-state index in [0.717, 1.165) is 50.4 Å². The summed E-state index contributed by atoms with van der Waals surface area (Å²) in [5.41, 5.74) is 3.34. The van der Waals surface area contributed by atoms with Gasteiger partial charge in [-0.2, -0.15) is 0 Å². The summed E-state index contributed by atoms with van der Waals surface area (Å²) < 4.78 is 0. The van der Waals surface area contributed by atoms with Crippen LogP contribution in [0.15, 0.2) is 48.7 Å². The smallest absolute Gasteiger partial charge is 0.244 e. The normalized spacial score (nSPS) is 17.0. The van der Waals surface area contributed by atoms with Crippen molar-refractivity contribution in [3.63, 3.8) is 0 Å². The Hall–Kier alpha value is -2.24. The molecule has 1 amide bonds. The van der Waals surface area contributed by atoms with Gasteiger partial charge in [0, 0.05) is 38.9 Å². The number of pyridine rings is 1. The number of carbonyl (C=O) groups excluding carboxylic acids is 1. The molecule has 1 aromatic heterocycles. The van der Waals surface area contributed by atoms with Crippen molar-refractivity contribution < 1.29 is 4.79 Å². The molecule has 0 saturated carbocycles. The van der Waals surface area contributed by atoms with Gasteiger partial charge in [-0.25, -0.2) is 0 Å². The van der Waals surface area contributed by atoms with Crippen LogP contribution in [0.2, 0.25) is 0 Å². The molecule has 1 aromatic carbocycles. The zero-order valence-electron chi connectivity index (χ0n) is 16.6. The Morgan fingerprint density at radius 1 is 1.11 bits per heavy atom. The lowest BCUT2D eigenvalue weighted by molar-refractivity contribution is -0.136. The Labute approximate surface area is 162 Å². The molecule has 5 heteroatoms. The number of aromatic nitrogens is 1. The lowest BCUT2D eigenvalue weighted by Crippen LogP contribution is -2.42. The molecule has 3 rings (SSSR count). The van der Waals surface area contributed by atoms with E-state index in [-0.39, 0.29) is 11.9 Å². The molecule has 1 aliphatic heterocycles. The molecule has 0 radical (unpaired) electrons. The molecule has 1 atom stereocenters. The first-order valence-electron chi connectivity index (χ1n) is 9.68. The first-order valence-corrected chi connectivity index (χ1v) is 9.68. The quantitative estimate of drug-likeness (QED) is 0.816. The number of hydrogen-bond donors (Lipinski definition) is 0. The van der Waals surface area contributed by atoms with Crippen LogP contribution in [0, 0.1) is 6.92 Å². The van der Waals surface area contributed by atoms with Crippen LogP contribution in [0.4, 0.5) is 0 Å². The molecule has 0 aliphatic carbocycles. The lowest BCUT2D eigenvalue weighted by atomic mass is 10.0. The minimum Gasteiger partial charge on any atom is -0.340 e. The fourth-order valence-electron chi connectivity index (χ4n) is 3.74. The summed E-state index contributed by atoms with van der Waals surface area (Å²) in [6.45, 7) is 6.38. The number of amides is 1. The van der Waals surface area contributed by atoms with E-state index < -0.39 is 0 Å². The minimum absolute atomic E-state index is 0.199. The van der Waals surface area contributed by atoms with Gasteiger partial charge in [-0.1, -0.05) is 35.9 Å². The zero-order chi connectivity index (χ0) is 19.2. The molecule has 0 spiro atoms. The molecule has 1 saturated heterocycles. The summed E-state index contributed by atoms with van der Waals surface area (Å²) in [5, 5.41) is 0. The molecule has 1 unspecified atom stereocenters. The third kappa shape index (κ3) is 5.15. The highest BCUT2D eigenvalue weighted by Gasteiger charge is 2.29. The van der Waals surface area contributed by atoms with Gasteiger partial charge in [0.1, 0.15) is 6.04 Å². The van der Waals surface area contributed by atoms with Gasteiger partial charge in [0.15, 0.2) is 0 Å². The fourth-order valence-corrected chi connectivity index (χ4v) is 3.74. The van der Waals surface area contributed by atoms with Crippen LogP contribution in [0.5, 0.6) is 0 Å². The highest BCUT2D eigenvalue weighted by Crippen LogP contribution is 2.23. The number of benzene rings is 1. The maximum absolute atomic E-state index is 13.3. The largest absolute Gasteiger partial charge is 0.340 e. The molecule has 2 heterocycles. The van der Waals surface area contributed by atoms with Crippen molar-refractivity contribution in [2.75, 3.05) is 40.3 Å². The van der Waals surface area contributed by atoms with Crippen molar-refractivity contribution in [3.8, 4) is 0 Å². The second-order valence-electron chi connectivity index (χ2n) is 7.56. The highest BCUT2D eigenvalue weighted by molar-refractivity contribution is 5.83. The SMILES string of the molecule is Cc1cccc(C(C(=O)N2CCCN(Cc3ccccn3)CC2)N(C)C)c1. The van der Waals surface area contributed by atoms with E-state index in [0.29, 0.717) is 0 Å². The fraction of sp³-hybridized carbons (Fsp3) is 0.455. The van der Waals surface area contributed by atoms with Crippen molar-refractivity contribution in [1.82, 2.24) is 19.7 Å². The first-order chi connectivity index (χ1) is 13.0. The minimum atomic E-state index is -0.229. The van der Waals surface area contributed by atoms with Crippen molar-refractivity contribution in [2.45, 2.75) is 25.9 Å². The van der Waals surface area contributed by atoms with Crippen LogP contribution in [-0.4, -0.2) is 65.9 Å². The molecule has 27 heavy (non-hydrogen) atoms. The number of hydrogen-bond acceptors (Lipinski definition) is 4. The predicted molar refractivity (Wildman–Crippen MR) is 108 cm³/mol. The first kappa shape index (κ1) is 19.5. The van der Waals surface area contributed by atoms with Crippen LogP contribution in [-0.2, 0) is 11.3 Å². The second-order valence-corrected chi connectivity index (χ2v) is 7.56. The molecule has 1 aliphatic rings. The van der Waals surface area contributed by atoms with Gasteiger partial charge in [-0.05, 0) is 45.1 Å². The Morgan fingerprint density at radius 2 is 1.96 bits per heavy atom. The predicted octanol–water partition coefficient (Wildman–Crippen LogP) is 2.73. The number of rotatable bonds is 5. The summed E-state index contributed by atoms with van der Waals surface area (Å²) in [4.78, 5) is 24.2.